The molecule has 4 atom stereocenters. The lowest BCUT2D eigenvalue weighted by Gasteiger charge is -2.36. The standard InChI is InChI=1S/C23H40/c1-3-9-18(10-4-1)15-16-20-17-23(19-11-5-2-6-12-19)22-14-8-7-13-21(20)22/h18-23H,1-17H2. The van der Waals surface area contributed by atoms with Gasteiger partial charge in [-0.25, -0.2) is 0 Å². The van der Waals surface area contributed by atoms with Gasteiger partial charge in [0.2, 0.25) is 0 Å². The quantitative estimate of drug-likeness (QED) is 0.508. The Balaban J connectivity index is 1.36. The summed E-state index contributed by atoms with van der Waals surface area (Å²) in [6.07, 6.45) is 26.7. The number of rotatable bonds is 4. The van der Waals surface area contributed by atoms with Crippen molar-refractivity contribution in [2.24, 2.45) is 35.5 Å². The van der Waals surface area contributed by atoms with Crippen molar-refractivity contribution in [3.8, 4) is 0 Å². The molecule has 4 aliphatic carbocycles. The van der Waals surface area contributed by atoms with Crippen molar-refractivity contribution in [3.63, 3.8) is 0 Å². The van der Waals surface area contributed by atoms with E-state index in [4.69, 9.17) is 0 Å². The minimum Gasteiger partial charge on any atom is -0.0533 e. The third kappa shape index (κ3) is 3.82. The van der Waals surface area contributed by atoms with E-state index < -0.39 is 0 Å². The fourth-order valence-corrected chi connectivity index (χ4v) is 7.37. The van der Waals surface area contributed by atoms with Gasteiger partial charge in [-0.05, 0) is 61.2 Å². The fraction of sp³-hybridized carbons (Fsp3) is 1.00. The molecule has 0 bridgehead atoms. The molecule has 0 amide bonds. The highest BCUT2D eigenvalue weighted by molar-refractivity contribution is 4.96. The first kappa shape index (κ1) is 16.5. The Morgan fingerprint density at radius 2 is 1.09 bits per heavy atom. The van der Waals surface area contributed by atoms with Crippen molar-refractivity contribution in [1.82, 2.24) is 0 Å². The Hall–Kier alpha value is 0. The summed E-state index contributed by atoms with van der Waals surface area (Å²) in [5, 5.41) is 0. The molecule has 0 aromatic carbocycles. The van der Waals surface area contributed by atoms with E-state index in [1.165, 1.54) is 25.7 Å². The maximum absolute atomic E-state index is 1.65. The molecule has 0 heterocycles. The molecule has 0 nitrogen and oxygen atoms in total. The third-order valence-electron chi connectivity index (χ3n) is 8.53. The van der Waals surface area contributed by atoms with Crippen LogP contribution >= 0.6 is 0 Å². The Kier molecular flexibility index (Phi) is 5.67. The molecule has 4 aliphatic rings. The normalized spacial score (nSPS) is 40.2. The summed E-state index contributed by atoms with van der Waals surface area (Å²) in [5.74, 6) is 6.84. The molecule has 0 aliphatic heterocycles. The molecular weight excluding hydrogens is 276 g/mol. The van der Waals surface area contributed by atoms with E-state index in [-0.39, 0.29) is 0 Å². The van der Waals surface area contributed by atoms with E-state index in [1.807, 2.05) is 0 Å². The second-order valence-electron chi connectivity index (χ2n) is 9.75. The highest BCUT2D eigenvalue weighted by atomic mass is 14.5. The predicted octanol–water partition coefficient (Wildman–Crippen LogP) is 7.37. The lowest BCUT2D eigenvalue weighted by molar-refractivity contribution is 0.143. The Morgan fingerprint density at radius 1 is 0.478 bits per heavy atom. The highest BCUT2D eigenvalue weighted by Crippen LogP contribution is 2.55. The third-order valence-corrected chi connectivity index (χ3v) is 8.53. The molecule has 0 saturated heterocycles. The number of fused-ring (bicyclic) bond motifs is 1. The largest absolute Gasteiger partial charge is 0.0533 e. The van der Waals surface area contributed by atoms with Gasteiger partial charge in [-0.15, -0.1) is 0 Å². The Labute approximate surface area is 145 Å². The van der Waals surface area contributed by atoms with Crippen LogP contribution in [0.1, 0.15) is 109 Å². The number of hydrogen-bond donors (Lipinski definition) is 0. The van der Waals surface area contributed by atoms with Crippen LogP contribution in [0.5, 0.6) is 0 Å². The van der Waals surface area contributed by atoms with Crippen LogP contribution in [0.15, 0.2) is 0 Å². The molecule has 0 radical (unpaired) electrons. The van der Waals surface area contributed by atoms with Crippen LogP contribution in [0.25, 0.3) is 0 Å². The second-order valence-corrected chi connectivity index (χ2v) is 9.75. The van der Waals surface area contributed by atoms with E-state index in [2.05, 4.69) is 0 Å². The summed E-state index contributed by atoms with van der Waals surface area (Å²) in [4.78, 5) is 0. The van der Waals surface area contributed by atoms with Crippen molar-refractivity contribution < 1.29 is 0 Å². The van der Waals surface area contributed by atoms with Gasteiger partial charge in [0.15, 0.2) is 0 Å². The minimum atomic E-state index is 1.11. The molecule has 4 saturated carbocycles. The molecular formula is C23H40. The lowest BCUT2D eigenvalue weighted by Crippen LogP contribution is -2.26. The summed E-state index contributed by atoms with van der Waals surface area (Å²) < 4.78 is 0. The van der Waals surface area contributed by atoms with Crippen molar-refractivity contribution >= 4 is 0 Å². The average Bonchev–Trinajstić information content (AvgIpc) is 3.01. The molecule has 0 N–H and O–H groups in total. The fourth-order valence-electron chi connectivity index (χ4n) is 7.37. The maximum atomic E-state index is 1.65. The molecule has 4 fully saturated rings. The molecule has 132 valence electrons. The van der Waals surface area contributed by atoms with Gasteiger partial charge in [-0.2, -0.15) is 0 Å². The van der Waals surface area contributed by atoms with Crippen LogP contribution in [-0.2, 0) is 0 Å². The van der Waals surface area contributed by atoms with Crippen molar-refractivity contribution in [2.75, 3.05) is 0 Å². The van der Waals surface area contributed by atoms with Crippen molar-refractivity contribution in [3.05, 3.63) is 0 Å². The van der Waals surface area contributed by atoms with Gasteiger partial charge in [0.05, 0.1) is 0 Å². The van der Waals surface area contributed by atoms with Crippen LogP contribution in [0.2, 0.25) is 0 Å². The number of hydrogen-bond acceptors (Lipinski definition) is 0. The monoisotopic (exact) mass is 316 g/mol. The first-order valence-electron chi connectivity index (χ1n) is 11.4. The van der Waals surface area contributed by atoms with Crippen LogP contribution in [0.4, 0.5) is 0 Å². The molecule has 0 aromatic heterocycles. The van der Waals surface area contributed by atoms with Crippen LogP contribution in [-0.4, -0.2) is 0 Å². The van der Waals surface area contributed by atoms with Crippen LogP contribution < -0.4 is 0 Å². The first-order valence-corrected chi connectivity index (χ1v) is 11.4. The molecule has 0 heteroatoms. The topological polar surface area (TPSA) is 0 Å². The predicted molar refractivity (Wildman–Crippen MR) is 99.4 cm³/mol. The SMILES string of the molecule is C1CCC(CCC2CC(C3CCCCC3)C3CCCCC23)CC1. The van der Waals surface area contributed by atoms with Gasteiger partial charge < -0.3 is 0 Å². The van der Waals surface area contributed by atoms with Gasteiger partial charge in [-0.1, -0.05) is 83.5 Å². The Bertz CT molecular complexity index is 347. The summed E-state index contributed by atoms with van der Waals surface area (Å²) in [5.41, 5.74) is 0. The Morgan fingerprint density at radius 3 is 1.83 bits per heavy atom. The summed E-state index contributed by atoms with van der Waals surface area (Å²) in [6.45, 7) is 0. The van der Waals surface area contributed by atoms with Gasteiger partial charge in [0.1, 0.15) is 0 Å². The highest BCUT2D eigenvalue weighted by Gasteiger charge is 2.46. The molecule has 23 heavy (non-hydrogen) atoms. The lowest BCUT2D eigenvalue weighted by atomic mass is 9.70. The summed E-state index contributed by atoms with van der Waals surface area (Å²) in [6, 6.07) is 0. The van der Waals surface area contributed by atoms with E-state index in [1.54, 1.807) is 83.5 Å². The second kappa shape index (κ2) is 7.92. The molecule has 4 unspecified atom stereocenters. The zero-order valence-corrected chi connectivity index (χ0v) is 15.5. The van der Waals surface area contributed by atoms with Crippen molar-refractivity contribution in [2.45, 2.75) is 109 Å². The van der Waals surface area contributed by atoms with Crippen LogP contribution in [0, 0.1) is 35.5 Å². The zero-order chi connectivity index (χ0) is 15.5. The zero-order valence-electron chi connectivity index (χ0n) is 15.5. The minimum absolute atomic E-state index is 1.11. The maximum Gasteiger partial charge on any atom is -0.0352 e. The molecule has 0 spiro atoms. The van der Waals surface area contributed by atoms with Crippen LogP contribution in [0.3, 0.4) is 0 Å². The van der Waals surface area contributed by atoms with Gasteiger partial charge in [0, 0.05) is 0 Å². The van der Waals surface area contributed by atoms with E-state index in [0.717, 1.165) is 35.5 Å². The summed E-state index contributed by atoms with van der Waals surface area (Å²) in [7, 11) is 0. The van der Waals surface area contributed by atoms with E-state index in [0.29, 0.717) is 0 Å². The molecule has 0 aromatic rings. The van der Waals surface area contributed by atoms with Crippen molar-refractivity contribution in [1.29, 1.82) is 0 Å². The molecule has 4 rings (SSSR count). The first-order chi connectivity index (χ1) is 11.4. The van der Waals surface area contributed by atoms with E-state index in [9.17, 15) is 0 Å². The van der Waals surface area contributed by atoms with E-state index >= 15 is 0 Å². The van der Waals surface area contributed by atoms with Gasteiger partial charge >= 0.3 is 0 Å². The van der Waals surface area contributed by atoms with Gasteiger partial charge in [0.25, 0.3) is 0 Å². The average molecular weight is 317 g/mol. The smallest absolute Gasteiger partial charge is 0.0352 e. The van der Waals surface area contributed by atoms with Gasteiger partial charge in [-0.3, -0.25) is 0 Å². The summed E-state index contributed by atoms with van der Waals surface area (Å²) >= 11 is 0.